The van der Waals surface area contributed by atoms with Gasteiger partial charge in [0, 0.05) is 36.5 Å². The van der Waals surface area contributed by atoms with Gasteiger partial charge in [-0.15, -0.1) is 0 Å². The van der Waals surface area contributed by atoms with Crippen LogP contribution in [0.1, 0.15) is 297 Å². The van der Waals surface area contributed by atoms with E-state index >= 15 is 0 Å². The maximum Gasteiger partial charge on any atom is 0.322 e. The van der Waals surface area contributed by atoms with Crippen molar-refractivity contribution in [1.29, 1.82) is 0 Å². The topological polar surface area (TPSA) is 206 Å². The summed E-state index contributed by atoms with van der Waals surface area (Å²) in [6.45, 7) is 7.37. The first-order chi connectivity index (χ1) is 37.9. The number of unbranched alkanes of at least 4 members (excludes halogenated alkanes) is 36. The lowest BCUT2D eigenvalue weighted by molar-refractivity contribution is -0.157. The zero-order valence-electron chi connectivity index (χ0n) is 50.0. The SMILES string of the molecule is CCCCCCCCCCCCCCCC(=O)N[C@@H](CSCC(COC(=O)CCCCCCCCCCCCCCC)OC(=O)CCCCCCCCCCCCCCC)C(=O)N[C@@H](CS)C(=O)N[C@@H](C)C(=O)NCC(=O)O. The number of hydrogen-bond donors (Lipinski definition) is 6. The molecule has 4 amide bonds. The number of thiol groups is 1. The number of esters is 2. The molecule has 0 rings (SSSR count). The average Bonchev–Trinajstić information content (AvgIpc) is 3.42. The van der Waals surface area contributed by atoms with Gasteiger partial charge in [-0.05, 0) is 26.2 Å². The Morgan fingerprint density at radius 2 is 0.795 bits per heavy atom. The van der Waals surface area contributed by atoms with Crippen LogP contribution in [0, 0.1) is 0 Å². The molecule has 5 N–H and O–H groups in total. The normalized spacial score (nSPS) is 12.8. The molecule has 78 heavy (non-hydrogen) atoms. The molecule has 0 saturated carbocycles. The Kier molecular flexibility index (Phi) is 53.7. The summed E-state index contributed by atoms with van der Waals surface area (Å²) in [5.41, 5.74) is 0. The number of carbonyl (C=O) groups excluding carboxylic acids is 6. The molecule has 0 saturated heterocycles. The van der Waals surface area contributed by atoms with Gasteiger partial charge in [-0.3, -0.25) is 33.6 Å². The van der Waals surface area contributed by atoms with Crippen molar-refractivity contribution in [3.05, 3.63) is 0 Å². The standard InChI is InChI=1S/C62H116N4O10S2/c1-5-8-11-14-17-20-23-26-29-32-35-38-41-44-56(67)65-55(62(74)66-54(49-77)61(73)64-52(4)60(72)63-47-57(68)69)51-78-50-53(76-59(71)46-43-40-37-34-31-28-25-22-19-16-13-10-7-3)48-75-58(70)45-42-39-36-33-30-27-24-21-18-15-12-9-6-2/h52-55,77H,5-51H2,1-4H3,(H,63,72)(H,64,73)(H,65,67)(H,66,74)(H,68,69)/t52-,53?,54-,55-/m0/s1. The van der Waals surface area contributed by atoms with Crippen LogP contribution < -0.4 is 21.3 Å². The summed E-state index contributed by atoms with van der Waals surface area (Å²) in [5, 5.41) is 19.2. The molecular weight excluding hydrogens is 1020 g/mol. The zero-order chi connectivity index (χ0) is 57.5. The number of carboxylic acid groups (broad SMARTS) is 1. The van der Waals surface area contributed by atoms with E-state index < -0.39 is 54.5 Å². The van der Waals surface area contributed by atoms with Crippen molar-refractivity contribution in [2.24, 2.45) is 0 Å². The number of thioether (sulfide) groups is 1. The monoisotopic (exact) mass is 1140 g/mol. The molecule has 456 valence electrons. The highest BCUT2D eigenvalue weighted by molar-refractivity contribution is 7.99. The Morgan fingerprint density at radius 3 is 1.18 bits per heavy atom. The van der Waals surface area contributed by atoms with Crippen LogP contribution in [0.4, 0.5) is 0 Å². The fourth-order valence-electron chi connectivity index (χ4n) is 9.43. The highest BCUT2D eigenvalue weighted by Gasteiger charge is 2.29. The summed E-state index contributed by atoms with van der Waals surface area (Å²) in [6.07, 6.45) is 46.3. The van der Waals surface area contributed by atoms with Crippen molar-refractivity contribution in [3.63, 3.8) is 0 Å². The summed E-state index contributed by atoms with van der Waals surface area (Å²) in [4.78, 5) is 90.1. The van der Waals surface area contributed by atoms with Crippen LogP contribution >= 0.6 is 24.4 Å². The Balaban J connectivity index is 5.58. The third-order valence-corrected chi connectivity index (χ3v) is 16.0. The maximum atomic E-state index is 13.9. The number of carbonyl (C=O) groups is 7. The number of rotatable bonds is 58. The van der Waals surface area contributed by atoms with E-state index in [-0.39, 0.29) is 61.0 Å². The maximum absolute atomic E-state index is 13.9. The summed E-state index contributed by atoms with van der Waals surface area (Å²) in [7, 11) is 0. The lowest BCUT2D eigenvalue weighted by Crippen LogP contribution is -2.57. The van der Waals surface area contributed by atoms with Gasteiger partial charge in [0.15, 0.2) is 0 Å². The molecule has 0 aromatic rings. The quantitative estimate of drug-likeness (QED) is 0.0192. The lowest BCUT2D eigenvalue weighted by Gasteiger charge is -2.24. The molecule has 14 nitrogen and oxygen atoms in total. The molecule has 0 aliphatic rings. The first kappa shape index (κ1) is 75.0. The highest BCUT2D eigenvalue weighted by Crippen LogP contribution is 2.18. The van der Waals surface area contributed by atoms with Crippen molar-refractivity contribution in [3.8, 4) is 0 Å². The van der Waals surface area contributed by atoms with Crippen LogP contribution in [-0.2, 0) is 43.0 Å². The second-order valence-electron chi connectivity index (χ2n) is 22.0. The molecule has 0 bridgehead atoms. The van der Waals surface area contributed by atoms with Crippen LogP contribution in [0.15, 0.2) is 0 Å². The molecule has 0 aliphatic heterocycles. The predicted octanol–water partition coefficient (Wildman–Crippen LogP) is 14.2. The number of amides is 4. The number of carboxylic acids is 1. The van der Waals surface area contributed by atoms with Crippen LogP contribution in [-0.4, -0.2) is 101 Å². The minimum Gasteiger partial charge on any atom is -0.480 e. The van der Waals surface area contributed by atoms with E-state index in [1.54, 1.807) is 0 Å². The van der Waals surface area contributed by atoms with E-state index in [1.165, 1.54) is 192 Å². The van der Waals surface area contributed by atoms with Crippen LogP contribution in [0.25, 0.3) is 0 Å². The number of ether oxygens (including phenoxy) is 2. The van der Waals surface area contributed by atoms with Gasteiger partial charge in [-0.25, -0.2) is 0 Å². The molecule has 16 heteroatoms. The zero-order valence-corrected chi connectivity index (χ0v) is 51.7. The van der Waals surface area contributed by atoms with Crippen molar-refractivity contribution < 1.29 is 48.1 Å². The van der Waals surface area contributed by atoms with Crippen LogP contribution in [0.2, 0.25) is 0 Å². The Morgan fingerprint density at radius 1 is 0.436 bits per heavy atom. The number of aliphatic carboxylic acids is 1. The van der Waals surface area contributed by atoms with Crippen LogP contribution in [0.5, 0.6) is 0 Å². The van der Waals surface area contributed by atoms with Crippen molar-refractivity contribution >= 4 is 65.9 Å². The van der Waals surface area contributed by atoms with Crippen LogP contribution in [0.3, 0.4) is 0 Å². The van der Waals surface area contributed by atoms with E-state index in [2.05, 4.69) is 54.7 Å². The first-order valence-electron chi connectivity index (χ1n) is 31.8. The predicted molar refractivity (Wildman–Crippen MR) is 325 cm³/mol. The molecular formula is C62H116N4O10S2. The van der Waals surface area contributed by atoms with Gasteiger partial charge in [-0.1, -0.05) is 252 Å². The Labute approximate surface area is 485 Å². The van der Waals surface area contributed by atoms with E-state index in [4.69, 9.17) is 14.6 Å². The molecule has 0 radical (unpaired) electrons. The lowest BCUT2D eigenvalue weighted by atomic mass is 10.0. The molecule has 0 aromatic carbocycles. The van der Waals surface area contributed by atoms with Crippen molar-refractivity contribution in [2.75, 3.05) is 30.4 Å². The minimum absolute atomic E-state index is 0.0604. The Hall–Kier alpha value is -3.01. The average molecular weight is 1140 g/mol. The molecule has 0 spiro atoms. The van der Waals surface area contributed by atoms with Gasteiger partial charge in [0.05, 0.1) is 0 Å². The molecule has 1 unspecified atom stereocenters. The highest BCUT2D eigenvalue weighted by atomic mass is 32.2. The van der Waals surface area contributed by atoms with Crippen molar-refractivity contribution in [2.45, 2.75) is 322 Å². The smallest absolute Gasteiger partial charge is 0.322 e. The third kappa shape index (κ3) is 48.9. The molecule has 0 heterocycles. The summed E-state index contributed by atoms with van der Waals surface area (Å²) in [5.74, 6) is -4.21. The molecule has 0 aliphatic carbocycles. The molecule has 0 fully saturated rings. The van der Waals surface area contributed by atoms with E-state index in [0.29, 0.717) is 12.8 Å². The van der Waals surface area contributed by atoms with E-state index in [1.807, 2.05) is 0 Å². The summed E-state index contributed by atoms with van der Waals surface area (Å²) < 4.78 is 11.6. The van der Waals surface area contributed by atoms with Gasteiger partial charge >= 0.3 is 17.9 Å². The van der Waals surface area contributed by atoms with Gasteiger partial charge < -0.3 is 35.8 Å². The second kappa shape index (κ2) is 55.9. The number of nitrogens with one attached hydrogen (secondary N) is 4. The Bertz CT molecular complexity index is 1510. The van der Waals surface area contributed by atoms with Gasteiger partial charge in [0.2, 0.25) is 23.6 Å². The number of hydrogen-bond acceptors (Lipinski definition) is 11. The fraction of sp³-hybridized carbons (Fsp3) is 0.887. The summed E-state index contributed by atoms with van der Waals surface area (Å²) >= 11 is 5.55. The van der Waals surface area contributed by atoms with Gasteiger partial charge in [0.25, 0.3) is 0 Å². The third-order valence-electron chi connectivity index (χ3n) is 14.4. The molecule has 0 aromatic heterocycles. The molecule has 4 atom stereocenters. The van der Waals surface area contributed by atoms with Gasteiger partial charge in [-0.2, -0.15) is 24.4 Å². The minimum atomic E-state index is -1.24. The van der Waals surface area contributed by atoms with Gasteiger partial charge in [0.1, 0.15) is 37.4 Å². The van der Waals surface area contributed by atoms with Crippen molar-refractivity contribution in [1.82, 2.24) is 21.3 Å². The first-order valence-corrected chi connectivity index (χ1v) is 33.6. The van der Waals surface area contributed by atoms with E-state index in [0.717, 1.165) is 64.2 Å². The van der Waals surface area contributed by atoms with E-state index in [9.17, 15) is 33.6 Å². The second-order valence-corrected chi connectivity index (χ2v) is 23.5. The largest absolute Gasteiger partial charge is 0.480 e. The summed E-state index contributed by atoms with van der Waals surface area (Å²) in [6, 6.07) is -3.37. The fourth-order valence-corrected chi connectivity index (χ4v) is 10.7.